The largest absolute Gasteiger partial charge is 0.460 e. The van der Waals surface area contributed by atoms with Crippen molar-refractivity contribution < 1.29 is 14.3 Å². The number of hydrogen-bond donors (Lipinski definition) is 2. The number of nitrogens with zero attached hydrogens (tertiary/aromatic N) is 2. The van der Waals surface area contributed by atoms with Gasteiger partial charge >= 0.3 is 5.97 Å². The zero-order valence-corrected chi connectivity index (χ0v) is 20.3. The summed E-state index contributed by atoms with van der Waals surface area (Å²) in [7, 11) is 0. The maximum atomic E-state index is 12.1. The predicted octanol–water partition coefficient (Wildman–Crippen LogP) is 3.07. The number of esters is 1. The second-order valence-electron chi connectivity index (χ2n) is 7.96. The second kappa shape index (κ2) is 14.9. The number of guanidine groups is 1. The number of aliphatic imine (C=N–C) groups is 1. The Labute approximate surface area is 187 Å². The smallest absolute Gasteiger partial charge is 0.306 e. The molecule has 1 heterocycles. The lowest BCUT2D eigenvalue weighted by molar-refractivity contribution is -0.154. The number of amides is 1. The van der Waals surface area contributed by atoms with Gasteiger partial charge in [0.2, 0.25) is 5.91 Å². The van der Waals surface area contributed by atoms with Crippen LogP contribution in [0.5, 0.6) is 0 Å². The molecule has 0 unspecified atom stereocenters. The molecular formula is C20H39IN4O3. The number of rotatable bonds is 10. The summed E-state index contributed by atoms with van der Waals surface area (Å²) >= 11 is 0. The van der Waals surface area contributed by atoms with E-state index in [4.69, 9.17) is 4.74 Å². The third-order valence-corrected chi connectivity index (χ3v) is 4.20. The van der Waals surface area contributed by atoms with Crippen LogP contribution in [0.4, 0.5) is 0 Å². The lowest BCUT2D eigenvalue weighted by Crippen LogP contribution is -2.39. The summed E-state index contributed by atoms with van der Waals surface area (Å²) in [6.07, 6.45) is 6.58. The first-order chi connectivity index (χ1) is 12.8. The normalized spacial score (nSPS) is 14.4. The van der Waals surface area contributed by atoms with Crippen LogP contribution in [0.1, 0.15) is 72.6 Å². The van der Waals surface area contributed by atoms with Crippen LogP contribution in [0.2, 0.25) is 0 Å². The van der Waals surface area contributed by atoms with Gasteiger partial charge < -0.3 is 20.3 Å². The van der Waals surface area contributed by atoms with Crippen molar-refractivity contribution in [2.75, 3.05) is 32.7 Å². The van der Waals surface area contributed by atoms with Crippen LogP contribution in [0.15, 0.2) is 4.99 Å². The Kier molecular flexibility index (Phi) is 14.3. The zero-order chi connectivity index (χ0) is 20.1. The number of ether oxygens (including phenoxy) is 1. The molecule has 0 aromatic rings. The Morgan fingerprint density at radius 2 is 1.68 bits per heavy atom. The molecule has 0 aromatic heterocycles. The molecule has 0 aliphatic carbocycles. The Balaban J connectivity index is 0.00000729. The van der Waals surface area contributed by atoms with Crippen molar-refractivity contribution in [2.45, 2.75) is 78.2 Å². The summed E-state index contributed by atoms with van der Waals surface area (Å²) in [5.41, 5.74) is -0.404. The van der Waals surface area contributed by atoms with Crippen LogP contribution in [-0.2, 0) is 14.3 Å². The van der Waals surface area contributed by atoms with E-state index < -0.39 is 5.60 Å². The van der Waals surface area contributed by atoms with Gasteiger partial charge in [0, 0.05) is 32.6 Å². The number of likely N-dealkylation sites (tertiary alicyclic amines) is 1. The summed E-state index contributed by atoms with van der Waals surface area (Å²) in [4.78, 5) is 30.0. The molecule has 0 bridgehead atoms. The first-order valence-electron chi connectivity index (χ1n) is 10.3. The van der Waals surface area contributed by atoms with Crippen molar-refractivity contribution in [1.29, 1.82) is 0 Å². The minimum Gasteiger partial charge on any atom is -0.460 e. The van der Waals surface area contributed by atoms with Crippen molar-refractivity contribution in [3.8, 4) is 0 Å². The number of nitrogens with one attached hydrogen (secondary N) is 2. The van der Waals surface area contributed by atoms with Crippen LogP contribution >= 0.6 is 24.0 Å². The SMILES string of the molecule is CCNC(=NCC(=O)N1CCCC1)NCCCCCCC(=O)OC(C)(C)C.I. The van der Waals surface area contributed by atoms with Crippen LogP contribution in [0.25, 0.3) is 0 Å². The number of unbranched alkanes of at least 4 members (excludes halogenated alkanes) is 3. The number of carbonyl (C=O) groups is 2. The van der Waals surface area contributed by atoms with Crippen molar-refractivity contribution in [3.05, 3.63) is 0 Å². The van der Waals surface area contributed by atoms with E-state index in [1.165, 1.54) is 0 Å². The predicted molar refractivity (Wildman–Crippen MR) is 124 cm³/mol. The lowest BCUT2D eigenvalue weighted by Gasteiger charge is -2.19. The van der Waals surface area contributed by atoms with Crippen molar-refractivity contribution in [2.24, 2.45) is 4.99 Å². The van der Waals surface area contributed by atoms with Gasteiger partial charge in [0.15, 0.2) is 5.96 Å². The van der Waals surface area contributed by atoms with E-state index in [0.717, 1.165) is 64.7 Å². The van der Waals surface area contributed by atoms with Crippen LogP contribution in [-0.4, -0.2) is 61.1 Å². The Hall–Kier alpha value is -1.06. The molecule has 7 nitrogen and oxygen atoms in total. The van der Waals surface area contributed by atoms with Gasteiger partial charge in [-0.1, -0.05) is 12.8 Å². The monoisotopic (exact) mass is 510 g/mol. The molecule has 164 valence electrons. The third-order valence-electron chi connectivity index (χ3n) is 4.20. The first kappa shape index (κ1) is 26.9. The highest BCUT2D eigenvalue weighted by Gasteiger charge is 2.17. The lowest BCUT2D eigenvalue weighted by atomic mass is 10.1. The molecule has 0 aromatic carbocycles. The second-order valence-corrected chi connectivity index (χ2v) is 7.96. The van der Waals surface area contributed by atoms with E-state index in [2.05, 4.69) is 15.6 Å². The summed E-state index contributed by atoms with van der Waals surface area (Å²) in [6, 6.07) is 0. The number of hydrogen-bond acceptors (Lipinski definition) is 4. The minimum atomic E-state index is -0.404. The molecule has 2 N–H and O–H groups in total. The van der Waals surface area contributed by atoms with Gasteiger partial charge in [-0.15, -0.1) is 24.0 Å². The maximum Gasteiger partial charge on any atom is 0.306 e. The van der Waals surface area contributed by atoms with E-state index >= 15 is 0 Å². The highest BCUT2D eigenvalue weighted by molar-refractivity contribution is 14.0. The molecule has 0 saturated carbocycles. The van der Waals surface area contributed by atoms with Crippen LogP contribution in [0, 0.1) is 0 Å². The van der Waals surface area contributed by atoms with Crippen molar-refractivity contribution in [1.82, 2.24) is 15.5 Å². The molecule has 1 rings (SSSR count). The molecule has 8 heteroatoms. The number of carbonyl (C=O) groups excluding carboxylic acids is 2. The molecule has 1 fully saturated rings. The van der Waals surface area contributed by atoms with Gasteiger partial charge in [-0.3, -0.25) is 9.59 Å². The van der Waals surface area contributed by atoms with E-state index in [-0.39, 0.29) is 42.4 Å². The van der Waals surface area contributed by atoms with Gasteiger partial charge in [-0.2, -0.15) is 0 Å². The fraction of sp³-hybridized carbons (Fsp3) is 0.850. The topological polar surface area (TPSA) is 83.0 Å². The Bertz CT molecular complexity index is 486. The fourth-order valence-corrected chi connectivity index (χ4v) is 2.90. The molecule has 1 aliphatic rings. The maximum absolute atomic E-state index is 12.1. The highest BCUT2D eigenvalue weighted by atomic mass is 127. The van der Waals surface area contributed by atoms with Gasteiger partial charge in [-0.05, 0) is 53.4 Å². The average Bonchev–Trinajstić information content (AvgIpc) is 3.11. The minimum absolute atomic E-state index is 0. The molecule has 0 atom stereocenters. The molecule has 1 saturated heterocycles. The van der Waals surface area contributed by atoms with E-state index in [1.54, 1.807) is 0 Å². The van der Waals surface area contributed by atoms with Crippen LogP contribution < -0.4 is 10.6 Å². The van der Waals surface area contributed by atoms with E-state index in [1.807, 2.05) is 32.6 Å². The standard InChI is InChI=1S/C20H38N4O3.HI/c1-5-21-19(23-16-17(25)24-14-10-11-15-24)22-13-9-7-6-8-12-18(26)27-20(2,3)4;/h5-16H2,1-4H3,(H2,21,22,23);1H. The van der Waals surface area contributed by atoms with Crippen LogP contribution in [0.3, 0.4) is 0 Å². The van der Waals surface area contributed by atoms with Gasteiger partial charge in [0.25, 0.3) is 0 Å². The van der Waals surface area contributed by atoms with Gasteiger partial charge in [0.05, 0.1) is 0 Å². The fourth-order valence-electron chi connectivity index (χ4n) is 2.90. The van der Waals surface area contributed by atoms with E-state index in [9.17, 15) is 9.59 Å². The molecular weight excluding hydrogens is 471 g/mol. The highest BCUT2D eigenvalue weighted by Crippen LogP contribution is 2.11. The van der Waals surface area contributed by atoms with Gasteiger partial charge in [0.1, 0.15) is 12.1 Å². The zero-order valence-electron chi connectivity index (χ0n) is 18.0. The summed E-state index contributed by atoms with van der Waals surface area (Å²) in [5, 5.41) is 6.45. The average molecular weight is 510 g/mol. The Morgan fingerprint density at radius 3 is 2.29 bits per heavy atom. The first-order valence-corrected chi connectivity index (χ1v) is 10.3. The molecule has 0 radical (unpaired) electrons. The summed E-state index contributed by atoms with van der Waals surface area (Å²) < 4.78 is 5.30. The van der Waals surface area contributed by atoms with E-state index in [0.29, 0.717) is 12.4 Å². The third kappa shape index (κ3) is 13.2. The van der Waals surface area contributed by atoms with Crippen molar-refractivity contribution in [3.63, 3.8) is 0 Å². The number of halogens is 1. The molecule has 0 spiro atoms. The quantitative estimate of drug-likeness (QED) is 0.155. The molecule has 1 aliphatic heterocycles. The van der Waals surface area contributed by atoms with Crippen molar-refractivity contribution >= 4 is 41.8 Å². The van der Waals surface area contributed by atoms with Gasteiger partial charge in [-0.25, -0.2) is 4.99 Å². The summed E-state index contributed by atoms with van der Waals surface area (Å²) in [6.45, 7) is 11.2. The summed E-state index contributed by atoms with van der Waals surface area (Å²) in [5.74, 6) is 0.676. The Morgan fingerprint density at radius 1 is 1.04 bits per heavy atom. The molecule has 28 heavy (non-hydrogen) atoms. The molecule has 1 amide bonds.